The molecule has 0 aromatic carbocycles. The zero-order valence-electron chi connectivity index (χ0n) is 15.8. The average Bonchev–Trinajstić information content (AvgIpc) is 3.27. The van der Waals surface area contributed by atoms with Gasteiger partial charge in [-0.3, -0.25) is 14.6 Å². The molecule has 148 valence electrons. The number of carbonyl (C=O) groups is 2. The molecule has 0 spiro atoms. The lowest BCUT2D eigenvalue weighted by Gasteiger charge is -2.40. The number of aromatic nitrogens is 1. The molecule has 2 aliphatic rings. The van der Waals surface area contributed by atoms with Crippen LogP contribution in [-0.2, 0) is 11.3 Å². The van der Waals surface area contributed by atoms with Gasteiger partial charge >= 0.3 is 0 Å². The molecule has 4 heterocycles. The first-order chi connectivity index (χ1) is 13.7. The van der Waals surface area contributed by atoms with Crippen molar-refractivity contribution in [2.24, 2.45) is 0 Å². The number of pyridine rings is 1. The molecule has 0 bridgehead atoms. The number of aliphatic hydroxyl groups excluding tert-OH is 1. The van der Waals surface area contributed by atoms with E-state index < -0.39 is 5.92 Å². The second-order valence-corrected chi connectivity index (χ2v) is 7.46. The number of fused-ring (bicyclic) bond motifs is 1. The topological polar surface area (TPSA) is 86.9 Å². The Labute approximate surface area is 164 Å². The summed E-state index contributed by atoms with van der Waals surface area (Å²) in [7, 11) is 0. The highest BCUT2D eigenvalue weighted by Crippen LogP contribution is 2.31. The maximum absolute atomic E-state index is 13.5. The van der Waals surface area contributed by atoms with Gasteiger partial charge in [-0.1, -0.05) is 6.07 Å². The zero-order chi connectivity index (χ0) is 19.5. The van der Waals surface area contributed by atoms with Crippen LogP contribution in [0.4, 0.5) is 0 Å². The molecule has 2 aliphatic heterocycles. The van der Waals surface area contributed by atoms with Gasteiger partial charge in [0.05, 0.1) is 17.9 Å². The largest absolute Gasteiger partial charge is 0.459 e. The number of hydrogen-bond acceptors (Lipinski definition) is 5. The minimum absolute atomic E-state index is 0.00459. The third kappa shape index (κ3) is 3.54. The SMILES string of the molecule is O=C(c1ccco1)N1Cc2cccnc2C(C(=O)N2CCCCC2CCO)C1. The van der Waals surface area contributed by atoms with Crippen LogP contribution < -0.4 is 0 Å². The van der Waals surface area contributed by atoms with Gasteiger partial charge in [0.2, 0.25) is 5.91 Å². The van der Waals surface area contributed by atoms with Crippen molar-refractivity contribution in [2.45, 2.75) is 44.2 Å². The quantitative estimate of drug-likeness (QED) is 0.874. The van der Waals surface area contributed by atoms with Crippen LogP contribution in [0.25, 0.3) is 0 Å². The predicted molar refractivity (Wildman–Crippen MR) is 101 cm³/mol. The van der Waals surface area contributed by atoms with Gasteiger partial charge in [-0.25, -0.2) is 0 Å². The summed E-state index contributed by atoms with van der Waals surface area (Å²) in [5.74, 6) is -0.448. The van der Waals surface area contributed by atoms with Crippen molar-refractivity contribution in [3.05, 3.63) is 53.7 Å². The minimum Gasteiger partial charge on any atom is -0.459 e. The fraction of sp³-hybridized carbons (Fsp3) is 0.476. The normalized spacial score (nSPS) is 22.0. The number of hydrogen-bond donors (Lipinski definition) is 1. The Morgan fingerprint density at radius 2 is 2.14 bits per heavy atom. The third-order valence-electron chi connectivity index (χ3n) is 5.71. The summed E-state index contributed by atoms with van der Waals surface area (Å²) in [6, 6.07) is 7.12. The first-order valence-electron chi connectivity index (χ1n) is 9.87. The van der Waals surface area contributed by atoms with E-state index in [0.29, 0.717) is 19.5 Å². The van der Waals surface area contributed by atoms with Crippen molar-refractivity contribution in [3.63, 3.8) is 0 Å². The molecule has 2 aromatic heterocycles. The van der Waals surface area contributed by atoms with E-state index in [1.807, 2.05) is 17.0 Å². The second kappa shape index (κ2) is 8.14. The summed E-state index contributed by atoms with van der Waals surface area (Å²) in [4.78, 5) is 34.4. The predicted octanol–water partition coefficient (Wildman–Crippen LogP) is 2.18. The summed E-state index contributed by atoms with van der Waals surface area (Å²) in [5, 5.41) is 9.39. The molecule has 0 aliphatic carbocycles. The Morgan fingerprint density at radius 3 is 2.93 bits per heavy atom. The van der Waals surface area contributed by atoms with E-state index in [0.717, 1.165) is 30.5 Å². The minimum atomic E-state index is -0.497. The van der Waals surface area contributed by atoms with Crippen LogP contribution in [-0.4, -0.2) is 57.4 Å². The fourth-order valence-corrected chi connectivity index (χ4v) is 4.32. The van der Waals surface area contributed by atoms with Crippen LogP contribution in [0.2, 0.25) is 0 Å². The zero-order valence-corrected chi connectivity index (χ0v) is 15.8. The van der Waals surface area contributed by atoms with Gasteiger partial charge < -0.3 is 19.3 Å². The number of piperidine rings is 1. The molecule has 2 aromatic rings. The molecule has 28 heavy (non-hydrogen) atoms. The lowest BCUT2D eigenvalue weighted by molar-refractivity contribution is -0.137. The summed E-state index contributed by atoms with van der Waals surface area (Å²) < 4.78 is 5.27. The first-order valence-corrected chi connectivity index (χ1v) is 9.87. The first kappa shape index (κ1) is 18.7. The Bertz CT molecular complexity index is 834. The number of rotatable bonds is 4. The van der Waals surface area contributed by atoms with E-state index in [1.54, 1.807) is 23.2 Å². The number of furan rings is 1. The Hall–Kier alpha value is -2.67. The number of aliphatic hydroxyl groups is 1. The molecule has 0 radical (unpaired) electrons. The van der Waals surface area contributed by atoms with Crippen molar-refractivity contribution in [1.82, 2.24) is 14.8 Å². The monoisotopic (exact) mass is 383 g/mol. The smallest absolute Gasteiger partial charge is 0.289 e. The van der Waals surface area contributed by atoms with Crippen molar-refractivity contribution in [1.29, 1.82) is 0 Å². The molecular weight excluding hydrogens is 358 g/mol. The number of carbonyl (C=O) groups excluding carboxylic acids is 2. The van der Waals surface area contributed by atoms with Gasteiger partial charge in [-0.15, -0.1) is 0 Å². The lowest BCUT2D eigenvalue weighted by atomic mass is 9.90. The van der Waals surface area contributed by atoms with E-state index in [4.69, 9.17) is 4.42 Å². The van der Waals surface area contributed by atoms with Crippen LogP contribution in [0.15, 0.2) is 41.1 Å². The molecule has 7 heteroatoms. The molecule has 2 amide bonds. The Morgan fingerprint density at radius 1 is 1.25 bits per heavy atom. The number of amides is 2. The summed E-state index contributed by atoms with van der Waals surface area (Å²) in [6.07, 6.45) is 6.69. The van der Waals surface area contributed by atoms with Gasteiger partial charge in [-0.05, 0) is 49.4 Å². The van der Waals surface area contributed by atoms with Gasteiger partial charge in [-0.2, -0.15) is 0 Å². The lowest BCUT2D eigenvalue weighted by Crippen LogP contribution is -2.50. The van der Waals surface area contributed by atoms with E-state index in [2.05, 4.69) is 4.98 Å². The van der Waals surface area contributed by atoms with Crippen molar-refractivity contribution >= 4 is 11.8 Å². The molecule has 0 saturated carbocycles. The number of nitrogens with zero attached hydrogens (tertiary/aromatic N) is 3. The van der Waals surface area contributed by atoms with Crippen LogP contribution in [0, 0.1) is 0 Å². The maximum Gasteiger partial charge on any atom is 0.289 e. The van der Waals surface area contributed by atoms with E-state index in [-0.39, 0.29) is 36.8 Å². The standard InChI is InChI=1S/C21H25N3O4/c25-11-8-16-6-1-2-10-24(16)20(26)17-14-23(21(27)18-7-4-12-28-18)13-15-5-3-9-22-19(15)17/h3-5,7,9,12,16-17,25H,1-2,6,8,10-11,13-14H2. The van der Waals surface area contributed by atoms with Gasteiger partial charge in [0, 0.05) is 38.5 Å². The highest BCUT2D eigenvalue weighted by atomic mass is 16.3. The molecule has 1 fully saturated rings. The van der Waals surface area contributed by atoms with Gasteiger partial charge in [0.15, 0.2) is 5.76 Å². The average molecular weight is 383 g/mol. The van der Waals surface area contributed by atoms with Crippen LogP contribution in [0.5, 0.6) is 0 Å². The Balaban J connectivity index is 1.62. The van der Waals surface area contributed by atoms with Crippen LogP contribution in [0.3, 0.4) is 0 Å². The molecule has 7 nitrogen and oxygen atoms in total. The Kier molecular flexibility index (Phi) is 5.43. The van der Waals surface area contributed by atoms with Crippen LogP contribution in [0.1, 0.15) is 53.4 Å². The van der Waals surface area contributed by atoms with E-state index in [9.17, 15) is 14.7 Å². The van der Waals surface area contributed by atoms with E-state index in [1.165, 1.54) is 6.26 Å². The highest BCUT2D eigenvalue weighted by Gasteiger charge is 2.39. The van der Waals surface area contributed by atoms with Gasteiger partial charge in [0.25, 0.3) is 5.91 Å². The summed E-state index contributed by atoms with van der Waals surface area (Å²) in [6.45, 7) is 1.45. The summed E-state index contributed by atoms with van der Waals surface area (Å²) in [5.41, 5.74) is 1.65. The fourth-order valence-electron chi connectivity index (χ4n) is 4.32. The van der Waals surface area contributed by atoms with Crippen LogP contribution >= 0.6 is 0 Å². The van der Waals surface area contributed by atoms with Crippen molar-refractivity contribution < 1.29 is 19.1 Å². The molecular formula is C21H25N3O4. The summed E-state index contributed by atoms with van der Waals surface area (Å²) >= 11 is 0. The molecule has 1 N–H and O–H groups in total. The van der Waals surface area contributed by atoms with Crippen molar-refractivity contribution in [3.8, 4) is 0 Å². The maximum atomic E-state index is 13.5. The molecule has 2 unspecified atom stereocenters. The molecule has 1 saturated heterocycles. The molecule has 2 atom stereocenters. The highest BCUT2D eigenvalue weighted by molar-refractivity contribution is 5.93. The second-order valence-electron chi connectivity index (χ2n) is 7.46. The molecule has 4 rings (SSSR count). The van der Waals surface area contributed by atoms with Crippen molar-refractivity contribution in [2.75, 3.05) is 19.7 Å². The van der Waals surface area contributed by atoms with Gasteiger partial charge in [0.1, 0.15) is 0 Å². The number of likely N-dealkylation sites (tertiary alicyclic amines) is 1. The third-order valence-corrected chi connectivity index (χ3v) is 5.71. The van der Waals surface area contributed by atoms with E-state index >= 15 is 0 Å².